The Bertz CT molecular complexity index is 794. The number of nitriles is 1. The van der Waals surface area contributed by atoms with E-state index < -0.39 is 5.41 Å². The van der Waals surface area contributed by atoms with Gasteiger partial charge in [0, 0.05) is 19.5 Å². The highest BCUT2D eigenvalue weighted by Gasteiger charge is 2.37. The van der Waals surface area contributed by atoms with E-state index >= 15 is 0 Å². The molecule has 0 radical (unpaired) electrons. The van der Waals surface area contributed by atoms with Crippen molar-refractivity contribution in [2.24, 2.45) is 5.92 Å². The van der Waals surface area contributed by atoms with Crippen LogP contribution in [-0.2, 0) is 10.2 Å². The number of likely N-dealkylation sites (tertiary alicyclic amines) is 1. The molecule has 2 aromatic rings. The lowest BCUT2D eigenvalue weighted by Crippen LogP contribution is -2.51. The minimum Gasteiger partial charge on any atom is -0.342 e. The van der Waals surface area contributed by atoms with Crippen LogP contribution < -0.4 is 0 Å². The number of carbonyl (C=O) groups is 1. The molecule has 1 heterocycles. The number of benzene rings is 2. The van der Waals surface area contributed by atoms with E-state index in [1.54, 1.807) is 0 Å². The Balaban J connectivity index is 1.62. The third-order valence-corrected chi connectivity index (χ3v) is 6.50. The van der Waals surface area contributed by atoms with Gasteiger partial charge in [-0.15, -0.1) is 0 Å². The number of rotatable bonds is 10. The van der Waals surface area contributed by atoms with Crippen molar-refractivity contribution in [1.82, 2.24) is 9.80 Å². The first-order valence-electron chi connectivity index (χ1n) is 11.1. The number of nitrogens with zero attached hydrogens (tertiary/aromatic N) is 3. The van der Waals surface area contributed by atoms with Crippen molar-refractivity contribution in [3.8, 4) is 6.07 Å². The van der Waals surface area contributed by atoms with E-state index in [0.717, 1.165) is 50.3 Å². The Hall–Kier alpha value is -2.64. The van der Waals surface area contributed by atoms with Crippen LogP contribution in [0.1, 0.15) is 44.2 Å². The van der Waals surface area contributed by atoms with Crippen LogP contribution in [0.4, 0.5) is 0 Å². The third-order valence-electron chi connectivity index (χ3n) is 6.50. The molecule has 1 aliphatic rings. The number of amides is 1. The number of hydrogen-bond donors (Lipinski definition) is 0. The monoisotopic (exact) mass is 403 g/mol. The zero-order valence-corrected chi connectivity index (χ0v) is 18.3. The van der Waals surface area contributed by atoms with Crippen LogP contribution >= 0.6 is 0 Å². The maximum atomic E-state index is 12.9. The van der Waals surface area contributed by atoms with Crippen LogP contribution in [0.3, 0.4) is 0 Å². The normalized spacial score (nSPS) is 14.4. The van der Waals surface area contributed by atoms with Gasteiger partial charge in [-0.2, -0.15) is 5.26 Å². The van der Waals surface area contributed by atoms with Crippen molar-refractivity contribution >= 4 is 5.91 Å². The first-order chi connectivity index (χ1) is 14.6. The molecule has 1 aliphatic heterocycles. The maximum absolute atomic E-state index is 12.9. The summed E-state index contributed by atoms with van der Waals surface area (Å²) in [6.45, 7) is 9.39. The van der Waals surface area contributed by atoms with Gasteiger partial charge in [0.15, 0.2) is 0 Å². The molecule has 158 valence electrons. The van der Waals surface area contributed by atoms with Gasteiger partial charge in [-0.3, -0.25) is 4.79 Å². The van der Waals surface area contributed by atoms with Crippen molar-refractivity contribution in [2.45, 2.75) is 38.5 Å². The lowest BCUT2D eigenvalue weighted by molar-refractivity contribution is -0.138. The second kappa shape index (κ2) is 10.4. The summed E-state index contributed by atoms with van der Waals surface area (Å²) in [4.78, 5) is 17.3. The van der Waals surface area contributed by atoms with Crippen LogP contribution in [0.25, 0.3) is 0 Å². The average molecular weight is 404 g/mol. The summed E-state index contributed by atoms with van der Waals surface area (Å²) in [5.74, 6) is 0.777. The minimum atomic E-state index is -0.800. The largest absolute Gasteiger partial charge is 0.342 e. The maximum Gasteiger partial charge on any atom is 0.222 e. The quantitative estimate of drug-likeness (QED) is 0.588. The van der Waals surface area contributed by atoms with Gasteiger partial charge in [0.25, 0.3) is 0 Å². The highest BCUT2D eigenvalue weighted by Crippen LogP contribution is 2.37. The molecule has 0 saturated carbocycles. The predicted octanol–water partition coefficient (Wildman–Crippen LogP) is 4.47. The second-order valence-electron chi connectivity index (χ2n) is 8.23. The summed E-state index contributed by atoms with van der Waals surface area (Å²) >= 11 is 0. The van der Waals surface area contributed by atoms with Crippen LogP contribution in [0.2, 0.25) is 0 Å². The fourth-order valence-corrected chi connectivity index (χ4v) is 4.40. The zero-order chi connectivity index (χ0) is 21.4. The molecular weight excluding hydrogens is 370 g/mol. The van der Waals surface area contributed by atoms with E-state index in [4.69, 9.17) is 0 Å². The molecule has 0 aromatic heterocycles. The lowest BCUT2D eigenvalue weighted by atomic mass is 9.72. The molecule has 0 N–H and O–H groups in total. The van der Waals surface area contributed by atoms with Crippen molar-refractivity contribution in [3.63, 3.8) is 0 Å². The van der Waals surface area contributed by atoms with E-state index in [-0.39, 0.29) is 5.91 Å². The van der Waals surface area contributed by atoms with E-state index in [2.05, 4.69) is 24.8 Å². The Morgan fingerprint density at radius 1 is 1.03 bits per heavy atom. The first kappa shape index (κ1) is 22.1. The molecule has 4 nitrogen and oxygen atoms in total. The topological polar surface area (TPSA) is 47.3 Å². The van der Waals surface area contributed by atoms with Crippen LogP contribution in [0.15, 0.2) is 60.7 Å². The predicted molar refractivity (Wildman–Crippen MR) is 121 cm³/mol. The molecule has 0 bridgehead atoms. The Morgan fingerprint density at radius 2 is 1.57 bits per heavy atom. The van der Waals surface area contributed by atoms with Crippen molar-refractivity contribution in [1.29, 1.82) is 5.26 Å². The molecule has 1 amide bonds. The van der Waals surface area contributed by atoms with Gasteiger partial charge in [-0.05, 0) is 49.5 Å². The third kappa shape index (κ3) is 4.91. The lowest BCUT2D eigenvalue weighted by Gasteiger charge is -2.40. The van der Waals surface area contributed by atoms with Gasteiger partial charge in [0.2, 0.25) is 5.91 Å². The summed E-state index contributed by atoms with van der Waals surface area (Å²) in [5, 5.41) is 10.2. The molecule has 0 spiro atoms. The Labute approximate surface area is 181 Å². The van der Waals surface area contributed by atoms with E-state index in [0.29, 0.717) is 18.8 Å². The van der Waals surface area contributed by atoms with Gasteiger partial charge >= 0.3 is 0 Å². The van der Waals surface area contributed by atoms with E-state index in [1.807, 2.05) is 65.6 Å². The summed E-state index contributed by atoms with van der Waals surface area (Å²) in [6, 6.07) is 22.3. The summed E-state index contributed by atoms with van der Waals surface area (Å²) in [7, 11) is 0. The van der Waals surface area contributed by atoms with Gasteiger partial charge in [0.05, 0.1) is 6.07 Å². The average Bonchev–Trinajstić information content (AvgIpc) is 2.77. The standard InChI is InChI=1S/C26H33N3O/c1-3-28(4-2)18-16-22-19-29(20-22)25(30)15-17-26(21-27,23-11-7-5-8-12-23)24-13-9-6-10-14-24/h5-14,22H,3-4,15-20H2,1-2H3. The van der Waals surface area contributed by atoms with Crippen LogP contribution in [-0.4, -0.2) is 48.4 Å². The molecule has 2 aromatic carbocycles. The SMILES string of the molecule is CCN(CC)CCC1CN(C(=O)CCC(C#N)(c2ccccc2)c2ccccc2)C1. The Kier molecular flexibility index (Phi) is 7.65. The fourth-order valence-electron chi connectivity index (χ4n) is 4.40. The highest BCUT2D eigenvalue weighted by atomic mass is 16.2. The van der Waals surface area contributed by atoms with Gasteiger partial charge in [0.1, 0.15) is 5.41 Å². The first-order valence-corrected chi connectivity index (χ1v) is 11.1. The van der Waals surface area contributed by atoms with Crippen LogP contribution in [0, 0.1) is 17.2 Å². The van der Waals surface area contributed by atoms with Crippen LogP contribution in [0.5, 0.6) is 0 Å². The van der Waals surface area contributed by atoms with E-state index in [1.165, 1.54) is 0 Å². The summed E-state index contributed by atoms with van der Waals surface area (Å²) < 4.78 is 0. The smallest absolute Gasteiger partial charge is 0.222 e. The summed E-state index contributed by atoms with van der Waals surface area (Å²) in [5.41, 5.74) is 1.10. The number of carbonyl (C=O) groups excluding carboxylic acids is 1. The van der Waals surface area contributed by atoms with Crippen molar-refractivity contribution in [3.05, 3.63) is 71.8 Å². The number of hydrogen-bond acceptors (Lipinski definition) is 3. The summed E-state index contributed by atoms with van der Waals surface area (Å²) in [6.07, 6.45) is 2.04. The molecule has 1 fully saturated rings. The van der Waals surface area contributed by atoms with E-state index in [9.17, 15) is 10.1 Å². The van der Waals surface area contributed by atoms with Gasteiger partial charge in [-0.1, -0.05) is 74.5 Å². The second-order valence-corrected chi connectivity index (χ2v) is 8.23. The minimum absolute atomic E-state index is 0.167. The molecule has 3 rings (SSSR count). The van der Waals surface area contributed by atoms with Gasteiger partial charge in [-0.25, -0.2) is 0 Å². The molecule has 4 heteroatoms. The fraction of sp³-hybridized carbons (Fsp3) is 0.462. The molecule has 0 aliphatic carbocycles. The van der Waals surface area contributed by atoms with Crippen molar-refractivity contribution in [2.75, 3.05) is 32.7 Å². The zero-order valence-electron chi connectivity index (χ0n) is 18.3. The highest BCUT2D eigenvalue weighted by molar-refractivity contribution is 5.77. The molecule has 0 unspecified atom stereocenters. The molecule has 0 atom stereocenters. The van der Waals surface area contributed by atoms with Crippen molar-refractivity contribution < 1.29 is 4.79 Å². The Morgan fingerprint density at radius 3 is 2.03 bits per heavy atom. The molecule has 1 saturated heterocycles. The van der Waals surface area contributed by atoms with Gasteiger partial charge < -0.3 is 9.80 Å². The molecular formula is C26H33N3O. The molecule has 30 heavy (non-hydrogen) atoms.